The van der Waals surface area contributed by atoms with Crippen LogP contribution in [0.3, 0.4) is 0 Å². The highest BCUT2D eigenvalue weighted by molar-refractivity contribution is 7.80. The molecule has 6 heteroatoms. The molecule has 0 saturated carbocycles. The maximum Gasteiger partial charge on any atom is 0.170 e. The minimum atomic E-state index is 0.586. The second kappa shape index (κ2) is 7.91. The van der Waals surface area contributed by atoms with E-state index in [1.807, 2.05) is 36.7 Å². The van der Waals surface area contributed by atoms with E-state index in [-0.39, 0.29) is 0 Å². The Hall–Kier alpha value is -1.92. The number of benzene rings is 1. The Bertz CT molecular complexity index is 625. The highest BCUT2D eigenvalue weighted by atomic mass is 32.1. The second-order valence-corrected chi connectivity index (χ2v) is 5.47. The first-order chi connectivity index (χ1) is 10.6. The monoisotopic (exact) mass is 318 g/mol. The van der Waals surface area contributed by atoms with Gasteiger partial charge in [-0.15, -0.1) is 0 Å². The third kappa shape index (κ3) is 4.29. The molecule has 0 atom stereocenters. The van der Waals surface area contributed by atoms with E-state index in [1.54, 1.807) is 7.11 Å². The summed E-state index contributed by atoms with van der Waals surface area (Å²) >= 11 is 5.29. The van der Waals surface area contributed by atoms with Gasteiger partial charge in [0.05, 0.1) is 30.2 Å². The van der Waals surface area contributed by atoms with E-state index in [0.29, 0.717) is 18.3 Å². The normalized spacial score (nSPS) is 10.5. The molecule has 0 fully saturated rings. The van der Waals surface area contributed by atoms with Gasteiger partial charge in [0.25, 0.3) is 0 Å². The Morgan fingerprint density at radius 1 is 1.27 bits per heavy atom. The molecular weight excluding hydrogens is 296 g/mol. The SMILES string of the molecule is COCCNC(=S)Nc1c(C)nn(Cc2ccccc2)c1C. The van der Waals surface area contributed by atoms with Crippen LogP contribution in [0.2, 0.25) is 0 Å². The largest absolute Gasteiger partial charge is 0.383 e. The lowest BCUT2D eigenvalue weighted by atomic mass is 10.2. The van der Waals surface area contributed by atoms with E-state index in [9.17, 15) is 0 Å². The van der Waals surface area contributed by atoms with Crippen LogP contribution < -0.4 is 10.6 Å². The van der Waals surface area contributed by atoms with Crippen molar-refractivity contribution in [3.8, 4) is 0 Å². The molecule has 0 aliphatic carbocycles. The van der Waals surface area contributed by atoms with Crippen LogP contribution >= 0.6 is 12.2 Å². The summed E-state index contributed by atoms with van der Waals surface area (Å²) in [5.74, 6) is 0. The molecule has 0 unspecified atom stereocenters. The number of methoxy groups -OCH3 is 1. The van der Waals surface area contributed by atoms with Gasteiger partial charge < -0.3 is 15.4 Å². The molecule has 2 rings (SSSR count). The minimum absolute atomic E-state index is 0.586. The number of hydrogen-bond acceptors (Lipinski definition) is 3. The van der Waals surface area contributed by atoms with Crippen LogP contribution in [-0.4, -0.2) is 35.2 Å². The number of aryl methyl sites for hydroxylation is 1. The molecule has 0 bridgehead atoms. The molecule has 1 heterocycles. The van der Waals surface area contributed by atoms with Crippen LogP contribution in [0.4, 0.5) is 5.69 Å². The summed E-state index contributed by atoms with van der Waals surface area (Å²) in [6.45, 7) is 6.07. The van der Waals surface area contributed by atoms with Gasteiger partial charge in [-0.1, -0.05) is 30.3 Å². The lowest BCUT2D eigenvalue weighted by Gasteiger charge is -2.11. The lowest BCUT2D eigenvalue weighted by molar-refractivity contribution is 0.204. The number of nitrogens with one attached hydrogen (secondary N) is 2. The zero-order valence-corrected chi connectivity index (χ0v) is 14.0. The molecule has 0 radical (unpaired) electrons. The molecule has 2 aromatic rings. The Morgan fingerprint density at radius 2 is 2.00 bits per heavy atom. The van der Waals surface area contributed by atoms with Crippen molar-refractivity contribution in [1.82, 2.24) is 15.1 Å². The standard InChI is InChI=1S/C16H22N4OS/c1-12-15(18-16(22)17-9-10-21-3)13(2)20(19-12)11-14-7-5-4-6-8-14/h4-8H,9-11H2,1-3H3,(H2,17,18,22). The molecule has 0 aliphatic heterocycles. The molecule has 0 aliphatic rings. The van der Waals surface area contributed by atoms with E-state index in [2.05, 4.69) is 27.9 Å². The molecule has 1 aromatic carbocycles. The molecule has 0 saturated heterocycles. The Kier molecular flexibility index (Phi) is 5.91. The summed E-state index contributed by atoms with van der Waals surface area (Å²) in [6, 6.07) is 10.3. The number of rotatable bonds is 6. The summed E-state index contributed by atoms with van der Waals surface area (Å²) in [5.41, 5.74) is 4.19. The predicted molar refractivity (Wildman–Crippen MR) is 93.3 cm³/mol. The van der Waals surface area contributed by atoms with E-state index >= 15 is 0 Å². The Labute approximate surface area is 136 Å². The number of thiocarbonyl (C=S) groups is 1. The molecular formula is C16H22N4OS. The van der Waals surface area contributed by atoms with Crippen LogP contribution in [0.1, 0.15) is 17.0 Å². The summed E-state index contributed by atoms with van der Waals surface area (Å²) in [4.78, 5) is 0. The van der Waals surface area contributed by atoms with Crippen molar-refractivity contribution < 1.29 is 4.74 Å². The first kappa shape index (κ1) is 16.5. The molecule has 1 aromatic heterocycles. The first-order valence-corrected chi connectivity index (χ1v) is 7.64. The topological polar surface area (TPSA) is 51.1 Å². The van der Waals surface area contributed by atoms with Crippen LogP contribution in [0.25, 0.3) is 0 Å². The van der Waals surface area contributed by atoms with Crippen molar-refractivity contribution >= 4 is 23.0 Å². The van der Waals surface area contributed by atoms with Crippen LogP contribution in [0.15, 0.2) is 30.3 Å². The summed E-state index contributed by atoms with van der Waals surface area (Å²) < 4.78 is 6.98. The van der Waals surface area contributed by atoms with Crippen molar-refractivity contribution in [1.29, 1.82) is 0 Å². The van der Waals surface area contributed by atoms with Gasteiger partial charge in [0.2, 0.25) is 0 Å². The number of ether oxygens (including phenoxy) is 1. The fourth-order valence-corrected chi connectivity index (χ4v) is 2.42. The van der Waals surface area contributed by atoms with Gasteiger partial charge in [0.1, 0.15) is 0 Å². The summed E-state index contributed by atoms with van der Waals surface area (Å²) in [5, 5.41) is 11.5. The van der Waals surface area contributed by atoms with Gasteiger partial charge in [0, 0.05) is 13.7 Å². The highest BCUT2D eigenvalue weighted by Crippen LogP contribution is 2.20. The molecule has 118 valence electrons. The van der Waals surface area contributed by atoms with Crippen LogP contribution in [-0.2, 0) is 11.3 Å². The third-order valence-corrected chi connectivity index (χ3v) is 3.63. The minimum Gasteiger partial charge on any atom is -0.383 e. The van der Waals surface area contributed by atoms with Gasteiger partial charge in [0.15, 0.2) is 5.11 Å². The first-order valence-electron chi connectivity index (χ1n) is 7.23. The number of anilines is 1. The van der Waals surface area contributed by atoms with Crippen molar-refractivity contribution in [3.63, 3.8) is 0 Å². The zero-order chi connectivity index (χ0) is 15.9. The third-order valence-electron chi connectivity index (χ3n) is 3.39. The van der Waals surface area contributed by atoms with Crippen LogP contribution in [0.5, 0.6) is 0 Å². The van der Waals surface area contributed by atoms with E-state index < -0.39 is 0 Å². The molecule has 0 amide bonds. The van der Waals surface area contributed by atoms with E-state index in [0.717, 1.165) is 23.6 Å². The van der Waals surface area contributed by atoms with Crippen molar-refractivity contribution in [2.75, 3.05) is 25.6 Å². The van der Waals surface area contributed by atoms with Crippen LogP contribution in [0, 0.1) is 13.8 Å². The van der Waals surface area contributed by atoms with Gasteiger partial charge >= 0.3 is 0 Å². The van der Waals surface area contributed by atoms with Crippen molar-refractivity contribution in [2.24, 2.45) is 0 Å². The van der Waals surface area contributed by atoms with Gasteiger partial charge in [-0.25, -0.2) is 0 Å². The Balaban J connectivity index is 2.05. The maximum atomic E-state index is 5.29. The predicted octanol–water partition coefficient (Wildman–Crippen LogP) is 2.48. The molecule has 22 heavy (non-hydrogen) atoms. The number of hydrogen-bond donors (Lipinski definition) is 2. The highest BCUT2D eigenvalue weighted by Gasteiger charge is 2.12. The van der Waals surface area contributed by atoms with E-state index in [1.165, 1.54) is 5.56 Å². The fourth-order valence-electron chi connectivity index (χ4n) is 2.21. The fraction of sp³-hybridized carbons (Fsp3) is 0.375. The van der Waals surface area contributed by atoms with E-state index in [4.69, 9.17) is 17.0 Å². The van der Waals surface area contributed by atoms with Crippen molar-refractivity contribution in [3.05, 3.63) is 47.3 Å². The number of aromatic nitrogens is 2. The van der Waals surface area contributed by atoms with Gasteiger partial charge in [-0.05, 0) is 31.6 Å². The smallest absolute Gasteiger partial charge is 0.170 e. The van der Waals surface area contributed by atoms with Crippen molar-refractivity contribution in [2.45, 2.75) is 20.4 Å². The zero-order valence-electron chi connectivity index (χ0n) is 13.2. The lowest BCUT2D eigenvalue weighted by Crippen LogP contribution is -2.31. The molecule has 0 spiro atoms. The average molecular weight is 318 g/mol. The summed E-state index contributed by atoms with van der Waals surface area (Å²) in [6.07, 6.45) is 0. The van der Waals surface area contributed by atoms with Gasteiger partial charge in [-0.3, -0.25) is 4.68 Å². The maximum absolute atomic E-state index is 5.29. The summed E-state index contributed by atoms with van der Waals surface area (Å²) in [7, 11) is 1.67. The van der Waals surface area contributed by atoms with Gasteiger partial charge in [-0.2, -0.15) is 5.10 Å². The second-order valence-electron chi connectivity index (χ2n) is 5.06. The molecule has 2 N–H and O–H groups in total. The Morgan fingerprint density at radius 3 is 2.68 bits per heavy atom. The number of nitrogens with zero attached hydrogens (tertiary/aromatic N) is 2. The molecule has 5 nitrogen and oxygen atoms in total. The average Bonchev–Trinajstić information content (AvgIpc) is 2.76. The quantitative estimate of drug-likeness (QED) is 0.633.